The molecule has 2 rings (SSSR count). The molecule has 106 valence electrons. The van der Waals surface area contributed by atoms with Crippen molar-refractivity contribution in [1.82, 2.24) is 4.90 Å². The molecule has 0 radical (unpaired) electrons. The molecule has 2 heterocycles. The fourth-order valence-corrected chi connectivity index (χ4v) is 4.24. The molecular formula is C14H27NO3. The number of nitrogens with zero attached hydrogens (tertiary/aromatic N) is 1. The summed E-state index contributed by atoms with van der Waals surface area (Å²) in [6.07, 6.45) is 0.185. The van der Waals surface area contributed by atoms with Crippen LogP contribution in [0.25, 0.3) is 0 Å². The van der Waals surface area contributed by atoms with E-state index in [-0.39, 0.29) is 23.8 Å². The maximum Gasteiger partial charge on any atom is 0.142 e. The van der Waals surface area contributed by atoms with E-state index in [9.17, 15) is 0 Å². The van der Waals surface area contributed by atoms with Crippen molar-refractivity contribution in [2.24, 2.45) is 0 Å². The highest BCUT2D eigenvalue weighted by Crippen LogP contribution is 2.57. The van der Waals surface area contributed by atoms with Crippen molar-refractivity contribution < 1.29 is 14.2 Å². The first kappa shape index (κ1) is 14.3. The van der Waals surface area contributed by atoms with Crippen LogP contribution in [-0.4, -0.2) is 61.2 Å². The van der Waals surface area contributed by atoms with E-state index in [2.05, 4.69) is 46.6 Å². The van der Waals surface area contributed by atoms with Crippen LogP contribution < -0.4 is 0 Å². The van der Waals surface area contributed by atoms with Gasteiger partial charge in [-0.3, -0.25) is 4.90 Å². The summed E-state index contributed by atoms with van der Waals surface area (Å²) in [6, 6.07) is 0.277. The fourth-order valence-electron chi connectivity index (χ4n) is 4.24. The lowest BCUT2D eigenvalue weighted by Crippen LogP contribution is -2.70. The molecule has 2 saturated heterocycles. The Kier molecular flexibility index (Phi) is 3.10. The second-order valence-electron chi connectivity index (χ2n) is 6.59. The molecule has 0 spiro atoms. The van der Waals surface area contributed by atoms with Crippen molar-refractivity contribution in [2.75, 3.05) is 21.3 Å². The van der Waals surface area contributed by atoms with Crippen LogP contribution in [0.4, 0.5) is 0 Å². The zero-order valence-electron chi connectivity index (χ0n) is 12.9. The van der Waals surface area contributed by atoms with E-state index < -0.39 is 11.2 Å². The summed E-state index contributed by atoms with van der Waals surface area (Å²) < 4.78 is 18.0. The molecule has 4 unspecified atom stereocenters. The van der Waals surface area contributed by atoms with E-state index in [1.165, 1.54) is 0 Å². The predicted octanol–water partition coefficient (Wildman–Crippen LogP) is 1.68. The molecule has 0 aliphatic carbocycles. The van der Waals surface area contributed by atoms with E-state index in [0.717, 1.165) is 0 Å². The number of morpholine rings is 1. The van der Waals surface area contributed by atoms with Crippen molar-refractivity contribution in [3.8, 4) is 0 Å². The summed E-state index contributed by atoms with van der Waals surface area (Å²) in [6.45, 7) is 10.7. The Morgan fingerprint density at radius 3 is 2.22 bits per heavy atom. The third kappa shape index (κ3) is 1.30. The minimum atomic E-state index is -0.456. The molecule has 2 aliphatic heterocycles. The van der Waals surface area contributed by atoms with Crippen LogP contribution in [0.15, 0.2) is 0 Å². The number of rotatable bonds is 3. The first-order valence-electron chi connectivity index (χ1n) is 6.66. The van der Waals surface area contributed by atoms with Crippen LogP contribution in [0.2, 0.25) is 0 Å². The molecule has 0 saturated carbocycles. The van der Waals surface area contributed by atoms with Gasteiger partial charge in [-0.25, -0.2) is 0 Å². The normalized spacial score (nSPS) is 43.7. The summed E-state index contributed by atoms with van der Waals surface area (Å²) in [4.78, 5) is 2.39. The standard InChI is InChI=1S/C14H27NO3/c1-9-10-11(16-7)14(18-9,13(4,5)17-8)12(2,3)15(10)6/h9-11H,1-8H3. The second-order valence-corrected chi connectivity index (χ2v) is 6.59. The molecule has 2 fully saturated rings. The average molecular weight is 257 g/mol. The number of ether oxygens (including phenoxy) is 3. The highest BCUT2D eigenvalue weighted by atomic mass is 16.6. The van der Waals surface area contributed by atoms with Gasteiger partial charge in [0.1, 0.15) is 11.7 Å². The van der Waals surface area contributed by atoms with Crippen molar-refractivity contribution in [2.45, 2.75) is 69.6 Å². The van der Waals surface area contributed by atoms with Gasteiger partial charge in [0, 0.05) is 19.8 Å². The molecule has 0 amide bonds. The molecule has 2 bridgehead atoms. The van der Waals surface area contributed by atoms with Gasteiger partial charge in [-0.2, -0.15) is 0 Å². The van der Waals surface area contributed by atoms with Crippen LogP contribution in [-0.2, 0) is 14.2 Å². The summed E-state index contributed by atoms with van der Waals surface area (Å²) in [5, 5.41) is 0. The minimum Gasteiger partial charge on any atom is -0.377 e. The quantitative estimate of drug-likeness (QED) is 0.769. The van der Waals surface area contributed by atoms with Gasteiger partial charge in [-0.1, -0.05) is 0 Å². The van der Waals surface area contributed by atoms with Crippen LogP contribution in [0.3, 0.4) is 0 Å². The largest absolute Gasteiger partial charge is 0.377 e. The number of hydrogen-bond donors (Lipinski definition) is 0. The molecule has 0 aromatic heterocycles. The number of likely N-dealkylation sites (N-methyl/N-ethyl adjacent to an activating group) is 1. The first-order valence-corrected chi connectivity index (χ1v) is 6.66. The van der Waals surface area contributed by atoms with Gasteiger partial charge < -0.3 is 14.2 Å². The van der Waals surface area contributed by atoms with E-state index in [1.807, 2.05) is 0 Å². The first-order chi connectivity index (χ1) is 8.17. The molecule has 2 aliphatic rings. The fraction of sp³-hybridized carbons (Fsp3) is 1.00. The highest BCUT2D eigenvalue weighted by molar-refractivity contribution is 5.28. The SMILES string of the molecule is COC1C2C(C)OC1(C(C)(C)OC)C(C)(C)N2C. The van der Waals surface area contributed by atoms with Crippen molar-refractivity contribution in [3.63, 3.8) is 0 Å². The van der Waals surface area contributed by atoms with Gasteiger partial charge in [0.2, 0.25) is 0 Å². The Morgan fingerprint density at radius 2 is 1.78 bits per heavy atom. The van der Waals surface area contributed by atoms with E-state index in [4.69, 9.17) is 14.2 Å². The average Bonchev–Trinajstić information content (AvgIpc) is 2.69. The second kappa shape index (κ2) is 3.92. The smallest absolute Gasteiger partial charge is 0.142 e. The minimum absolute atomic E-state index is 0.0300. The zero-order chi connectivity index (χ0) is 13.9. The van der Waals surface area contributed by atoms with Crippen molar-refractivity contribution >= 4 is 0 Å². The van der Waals surface area contributed by atoms with Gasteiger partial charge in [0.25, 0.3) is 0 Å². The molecule has 18 heavy (non-hydrogen) atoms. The Labute approximate surface area is 111 Å². The summed E-state index contributed by atoms with van der Waals surface area (Å²) in [7, 11) is 5.68. The summed E-state index contributed by atoms with van der Waals surface area (Å²) >= 11 is 0. The lowest BCUT2D eigenvalue weighted by atomic mass is 9.71. The van der Waals surface area contributed by atoms with Gasteiger partial charge in [-0.05, 0) is 41.7 Å². The van der Waals surface area contributed by atoms with Crippen molar-refractivity contribution in [3.05, 3.63) is 0 Å². The third-order valence-electron chi connectivity index (χ3n) is 5.46. The zero-order valence-corrected chi connectivity index (χ0v) is 12.9. The van der Waals surface area contributed by atoms with Crippen LogP contribution in [0, 0.1) is 0 Å². The van der Waals surface area contributed by atoms with E-state index in [0.29, 0.717) is 0 Å². The molecular weight excluding hydrogens is 230 g/mol. The van der Waals surface area contributed by atoms with Gasteiger partial charge in [0.05, 0.1) is 17.7 Å². The molecule has 0 N–H and O–H groups in total. The van der Waals surface area contributed by atoms with Gasteiger partial charge in [-0.15, -0.1) is 0 Å². The number of hydrogen-bond acceptors (Lipinski definition) is 4. The van der Waals surface area contributed by atoms with Gasteiger partial charge >= 0.3 is 0 Å². The van der Waals surface area contributed by atoms with Crippen LogP contribution in [0.1, 0.15) is 34.6 Å². The number of methoxy groups -OCH3 is 2. The van der Waals surface area contributed by atoms with Crippen LogP contribution in [0.5, 0.6) is 0 Å². The molecule has 4 heteroatoms. The molecule has 4 atom stereocenters. The Morgan fingerprint density at radius 1 is 1.22 bits per heavy atom. The Balaban J connectivity index is 2.59. The lowest BCUT2D eigenvalue weighted by Gasteiger charge is -2.54. The van der Waals surface area contributed by atoms with Crippen LogP contribution >= 0.6 is 0 Å². The highest BCUT2D eigenvalue weighted by Gasteiger charge is 2.76. The maximum atomic E-state index is 6.40. The predicted molar refractivity (Wildman–Crippen MR) is 70.8 cm³/mol. The summed E-state index contributed by atoms with van der Waals surface area (Å²) in [5.41, 5.74) is -1.00. The topological polar surface area (TPSA) is 30.9 Å². The Hall–Kier alpha value is -0.160. The third-order valence-corrected chi connectivity index (χ3v) is 5.46. The lowest BCUT2D eigenvalue weighted by molar-refractivity contribution is -0.250. The van der Waals surface area contributed by atoms with Crippen molar-refractivity contribution in [1.29, 1.82) is 0 Å². The van der Waals surface area contributed by atoms with E-state index >= 15 is 0 Å². The van der Waals surface area contributed by atoms with E-state index in [1.54, 1.807) is 14.2 Å². The Bertz CT molecular complexity index is 342. The number of likely N-dealkylation sites (tertiary alicyclic amines) is 1. The number of fused-ring (bicyclic) bond motifs is 2. The molecule has 0 aromatic carbocycles. The monoisotopic (exact) mass is 257 g/mol. The molecule has 4 nitrogen and oxygen atoms in total. The maximum absolute atomic E-state index is 6.40. The van der Waals surface area contributed by atoms with Gasteiger partial charge in [0.15, 0.2) is 0 Å². The summed E-state index contributed by atoms with van der Waals surface area (Å²) in [5.74, 6) is 0. The molecule has 0 aromatic rings.